The number of rotatable bonds is 2. The van der Waals surface area contributed by atoms with Gasteiger partial charge in [0, 0.05) is 0 Å². The summed E-state index contributed by atoms with van der Waals surface area (Å²) in [6, 6.07) is 0. The van der Waals surface area contributed by atoms with Gasteiger partial charge in [0.05, 0.1) is 16.1 Å². The first-order chi connectivity index (χ1) is 9.55. The maximum absolute atomic E-state index is 13.6. The molecule has 0 radical (unpaired) electrons. The monoisotopic (exact) mass is 344 g/mol. The maximum Gasteiger partial charge on any atom is 0.200 e. The summed E-state index contributed by atoms with van der Waals surface area (Å²) in [5.41, 5.74) is -1.67. The Hall–Kier alpha value is -1.59. The minimum Gasteiger partial charge on any atom is -0.742 e. The molecule has 0 unspecified atom stereocenters. The Balaban J connectivity index is 2.83. The van der Waals surface area contributed by atoms with Crippen molar-refractivity contribution in [2.24, 2.45) is 0 Å². The maximum atomic E-state index is 13.6. The third-order valence-electron chi connectivity index (χ3n) is 2.43. The Morgan fingerprint density at radius 3 is 1.76 bits per heavy atom. The Bertz CT molecular complexity index is 818. The van der Waals surface area contributed by atoms with Gasteiger partial charge >= 0.3 is 0 Å². The van der Waals surface area contributed by atoms with Crippen LogP contribution in [0, 0.1) is 36.0 Å². The zero-order chi connectivity index (χ0) is 16.1. The highest BCUT2D eigenvalue weighted by Crippen LogP contribution is 2.37. The van der Waals surface area contributed by atoms with Crippen molar-refractivity contribution in [3.05, 3.63) is 34.8 Å². The summed E-state index contributed by atoms with van der Waals surface area (Å²) in [5.74, 6) is -11.0. The van der Waals surface area contributed by atoms with Gasteiger partial charge in [-0.25, -0.2) is 35.4 Å². The van der Waals surface area contributed by atoms with Crippen LogP contribution in [0.5, 0.6) is 0 Å². The molecule has 2 rings (SSSR count). The fraction of sp³-hybridized carbons (Fsp3) is 0.100. The number of halogens is 5. The van der Waals surface area contributed by atoms with Crippen LogP contribution >= 0.6 is 11.3 Å². The second-order valence-corrected chi connectivity index (χ2v) is 6.35. The molecule has 114 valence electrons. The predicted molar refractivity (Wildman–Crippen MR) is 60.0 cm³/mol. The standard InChI is InChI=1S/C10H4F5NO3S2/c1-2-9(20-10(16-2)21(17,18)19)3-4(11)6(13)8(15)7(14)5(3)12/h1H3,(H,17,18,19)/p-1. The number of hydrogen-bond acceptors (Lipinski definition) is 5. The van der Waals surface area contributed by atoms with E-state index in [1.54, 1.807) is 0 Å². The van der Waals surface area contributed by atoms with Crippen LogP contribution in [0.4, 0.5) is 22.0 Å². The van der Waals surface area contributed by atoms with Crippen LogP contribution in [-0.2, 0) is 10.1 Å². The predicted octanol–water partition coefficient (Wildman–Crippen LogP) is 2.72. The van der Waals surface area contributed by atoms with Crippen LogP contribution in [0.25, 0.3) is 10.4 Å². The molecule has 2 aromatic rings. The molecule has 0 aliphatic heterocycles. The second-order valence-electron chi connectivity index (χ2n) is 3.79. The van der Waals surface area contributed by atoms with E-state index in [0.29, 0.717) is 0 Å². The van der Waals surface area contributed by atoms with E-state index in [1.807, 2.05) is 0 Å². The van der Waals surface area contributed by atoms with Crippen molar-refractivity contribution >= 4 is 21.5 Å². The zero-order valence-electron chi connectivity index (χ0n) is 9.88. The molecule has 0 saturated carbocycles. The highest BCUT2D eigenvalue weighted by molar-refractivity contribution is 7.88. The molecule has 0 aliphatic carbocycles. The lowest BCUT2D eigenvalue weighted by Crippen LogP contribution is -2.03. The molecule has 0 amide bonds. The first-order valence-corrected chi connectivity index (χ1v) is 7.23. The Morgan fingerprint density at radius 1 is 0.952 bits per heavy atom. The fourth-order valence-electron chi connectivity index (χ4n) is 1.51. The highest BCUT2D eigenvalue weighted by Gasteiger charge is 2.29. The molecule has 0 bridgehead atoms. The highest BCUT2D eigenvalue weighted by atomic mass is 32.3. The summed E-state index contributed by atoms with van der Waals surface area (Å²) in [6.45, 7) is 1.07. The largest absolute Gasteiger partial charge is 0.742 e. The van der Waals surface area contributed by atoms with Crippen molar-refractivity contribution in [2.75, 3.05) is 0 Å². The molecule has 4 nitrogen and oxygen atoms in total. The van der Waals surface area contributed by atoms with Gasteiger partial charge in [0.15, 0.2) is 37.7 Å². The molecule has 1 aromatic heterocycles. The fourth-order valence-corrected chi connectivity index (χ4v) is 3.25. The molecular weight excluding hydrogens is 341 g/mol. The van der Waals surface area contributed by atoms with E-state index >= 15 is 0 Å². The summed E-state index contributed by atoms with van der Waals surface area (Å²) < 4.78 is 97.7. The number of thiazole rings is 1. The lowest BCUT2D eigenvalue weighted by atomic mass is 10.1. The Labute approximate surface area is 118 Å². The van der Waals surface area contributed by atoms with Gasteiger partial charge in [-0.15, -0.1) is 11.3 Å². The average molecular weight is 344 g/mol. The Morgan fingerprint density at radius 2 is 1.38 bits per heavy atom. The number of benzene rings is 1. The molecule has 0 N–H and O–H groups in total. The van der Waals surface area contributed by atoms with Gasteiger partial charge in [-0.1, -0.05) is 0 Å². The molecule has 21 heavy (non-hydrogen) atoms. The molecule has 0 atom stereocenters. The third kappa shape index (κ3) is 2.51. The van der Waals surface area contributed by atoms with Crippen LogP contribution in [-0.4, -0.2) is 18.0 Å². The normalized spacial score (nSPS) is 12.0. The number of aromatic nitrogens is 1. The molecule has 1 heterocycles. The zero-order valence-corrected chi connectivity index (χ0v) is 11.5. The van der Waals surface area contributed by atoms with E-state index in [9.17, 15) is 34.9 Å². The molecule has 0 aliphatic rings. The number of aryl methyl sites for hydroxylation is 1. The third-order valence-corrected chi connectivity index (χ3v) is 4.78. The number of hydrogen-bond donors (Lipinski definition) is 0. The van der Waals surface area contributed by atoms with E-state index in [2.05, 4.69) is 4.98 Å². The van der Waals surface area contributed by atoms with Crippen molar-refractivity contribution in [3.8, 4) is 10.4 Å². The lowest BCUT2D eigenvalue weighted by molar-refractivity contribution is 0.381. The smallest absolute Gasteiger partial charge is 0.200 e. The minimum absolute atomic E-state index is 0.0238. The average Bonchev–Trinajstić information content (AvgIpc) is 2.77. The summed E-state index contributed by atoms with van der Waals surface area (Å²) in [7, 11) is -5.02. The van der Waals surface area contributed by atoms with E-state index < -0.39 is 54.0 Å². The second kappa shape index (κ2) is 5.00. The lowest BCUT2D eigenvalue weighted by Gasteiger charge is -2.06. The van der Waals surface area contributed by atoms with Gasteiger partial charge < -0.3 is 4.55 Å². The quantitative estimate of drug-likeness (QED) is 0.364. The first kappa shape index (κ1) is 15.8. The van der Waals surface area contributed by atoms with Crippen LogP contribution in [0.2, 0.25) is 0 Å². The van der Waals surface area contributed by atoms with Gasteiger partial charge in [-0.3, -0.25) is 0 Å². The van der Waals surface area contributed by atoms with E-state index in [0.717, 1.165) is 6.92 Å². The molecule has 11 heteroatoms. The molecule has 0 spiro atoms. The van der Waals surface area contributed by atoms with Gasteiger partial charge in [0.2, 0.25) is 5.82 Å². The van der Waals surface area contributed by atoms with Crippen molar-refractivity contribution in [1.29, 1.82) is 0 Å². The van der Waals surface area contributed by atoms with E-state index in [1.165, 1.54) is 0 Å². The summed E-state index contributed by atoms with van der Waals surface area (Å²) in [6.07, 6.45) is 0. The molecular formula is C10H3F5NO3S2-. The van der Waals surface area contributed by atoms with Gasteiger partial charge in [-0.2, -0.15) is 0 Å². The van der Waals surface area contributed by atoms with Crippen LogP contribution in [0.3, 0.4) is 0 Å². The van der Waals surface area contributed by atoms with Crippen LogP contribution in [0.1, 0.15) is 5.69 Å². The first-order valence-electron chi connectivity index (χ1n) is 5.00. The van der Waals surface area contributed by atoms with Crippen molar-refractivity contribution in [2.45, 2.75) is 11.3 Å². The SMILES string of the molecule is Cc1nc(S(=O)(=O)[O-])sc1-c1c(F)c(F)c(F)c(F)c1F. The van der Waals surface area contributed by atoms with Gasteiger partial charge in [0.25, 0.3) is 0 Å². The van der Waals surface area contributed by atoms with Crippen LogP contribution < -0.4 is 0 Å². The van der Waals surface area contributed by atoms with Gasteiger partial charge in [-0.05, 0) is 6.92 Å². The summed E-state index contributed by atoms with van der Waals surface area (Å²) in [5, 5.41) is 0. The van der Waals surface area contributed by atoms with Crippen molar-refractivity contribution in [1.82, 2.24) is 4.98 Å². The van der Waals surface area contributed by atoms with E-state index in [-0.39, 0.29) is 17.0 Å². The Kier molecular flexibility index (Phi) is 3.76. The number of nitrogens with zero attached hydrogens (tertiary/aromatic N) is 1. The minimum atomic E-state index is -5.02. The molecule has 0 saturated heterocycles. The van der Waals surface area contributed by atoms with Crippen molar-refractivity contribution < 1.29 is 34.9 Å². The summed E-state index contributed by atoms with van der Waals surface area (Å²) >= 11 is 0.0238. The topological polar surface area (TPSA) is 70.1 Å². The van der Waals surface area contributed by atoms with Crippen molar-refractivity contribution in [3.63, 3.8) is 0 Å². The molecule has 1 aromatic carbocycles. The van der Waals surface area contributed by atoms with Crippen LogP contribution in [0.15, 0.2) is 4.34 Å². The van der Waals surface area contributed by atoms with Gasteiger partial charge in [0.1, 0.15) is 0 Å². The molecule has 0 fully saturated rings. The summed E-state index contributed by atoms with van der Waals surface area (Å²) in [4.78, 5) is 2.64. The van der Waals surface area contributed by atoms with E-state index in [4.69, 9.17) is 0 Å².